The fourth-order valence-electron chi connectivity index (χ4n) is 5.05. The topological polar surface area (TPSA) is 85.2 Å². The van der Waals surface area contributed by atoms with Crippen LogP contribution in [0.15, 0.2) is 54.1 Å². The normalized spacial score (nSPS) is 19.6. The van der Waals surface area contributed by atoms with Gasteiger partial charge in [0.2, 0.25) is 5.91 Å². The number of benzene rings is 2. The van der Waals surface area contributed by atoms with Gasteiger partial charge >= 0.3 is 0 Å². The number of halogens is 2. The first-order chi connectivity index (χ1) is 17.4. The molecule has 1 aliphatic rings. The van der Waals surface area contributed by atoms with Gasteiger partial charge in [0.1, 0.15) is 11.6 Å². The number of hydrogen-bond donors (Lipinski definition) is 3. The van der Waals surface area contributed by atoms with E-state index in [1.54, 1.807) is 6.08 Å². The fourth-order valence-corrected chi connectivity index (χ4v) is 5.05. The van der Waals surface area contributed by atoms with Gasteiger partial charge in [0, 0.05) is 31.1 Å². The highest BCUT2D eigenvalue weighted by atomic mass is 19.1. The molecule has 0 aliphatic heterocycles. The Hall–Kier alpha value is -3.08. The maximum absolute atomic E-state index is 13.7. The van der Waals surface area contributed by atoms with Gasteiger partial charge in [-0.15, -0.1) is 0 Å². The lowest BCUT2D eigenvalue weighted by Crippen LogP contribution is -2.53. The smallest absolute Gasteiger partial charge is 0.217 e. The molecule has 2 aromatic carbocycles. The van der Waals surface area contributed by atoms with Crippen LogP contribution in [0.1, 0.15) is 70.1 Å². The molecule has 0 bridgehead atoms. The first-order valence-electron chi connectivity index (χ1n) is 12.8. The number of allylic oxidation sites excluding steroid dienone is 2. The predicted molar refractivity (Wildman–Crippen MR) is 141 cm³/mol. The number of nitrogens with zero attached hydrogens (tertiary/aromatic N) is 1. The van der Waals surface area contributed by atoms with Gasteiger partial charge in [-0.1, -0.05) is 50.6 Å². The van der Waals surface area contributed by atoms with E-state index in [-0.39, 0.29) is 24.3 Å². The quantitative estimate of drug-likeness (QED) is 0.428. The minimum absolute atomic E-state index is 0.0337. The molecule has 1 aliphatic carbocycles. The number of nitriles is 1. The van der Waals surface area contributed by atoms with Crippen LogP contribution in [-0.2, 0) is 22.2 Å². The van der Waals surface area contributed by atoms with Gasteiger partial charge in [-0.2, -0.15) is 5.26 Å². The van der Waals surface area contributed by atoms with E-state index >= 15 is 0 Å². The third kappa shape index (κ3) is 7.70. The summed E-state index contributed by atoms with van der Waals surface area (Å²) in [6, 6.07) is 13.1. The second-order valence-corrected chi connectivity index (χ2v) is 11.1. The zero-order valence-corrected chi connectivity index (χ0v) is 22.1. The Morgan fingerprint density at radius 3 is 2.38 bits per heavy atom. The molecule has 0 saturated heterocycles. The van der Waals surface area contributed by atoms with E-state index in [1.165, 1.54) is 24.6 Å². The van der Waals surface area contributed by atoms with Crippen molar-refractivity contribution >= 4 is 5.91 Å². The van der Waals surface area contributed by atoms with Gasteiger partial charge in [-0.25, -0.2) is 8.78 Å². The van der Waals surface area contributed by atoms with E-state index in [1.807, 2.05) is 0 Å². The van der Waals surface area contributed by atoms with Crippen LogP contribution in [0.25, 0.3) is 0 Å². The zero-order valence-electron chi connectivity index (χ0n) is 22.1. The van der Waals surface area contributed by atoms with E-state index in [0.717, 1.165) is 42.9 Å². The van der Waals surface area contributed by atoms with Crippen molar-refractivity contribution in [2.75, 3.05) is 6.54 Å². The van der Waals surface area contributed by atoms with Gasteiger partial charge in [0.05, 0.1) is 18.2 Å². The summed E-state index contributed by atoms with van der Waals surface area (Å²) in [5.74, 6) is -1.74. The van der Waals surface area contributed by atoms with Crippen molar-refractivity contribution in [3.8, 4) is 6.07 Å². The van der Waals surface area contributed by atoms with Crippen LogP contribution in [0.5, 0.6) is 0 Å². The third-order valence-corrected chi connectivity index (χ3v) is 7.18. The van der Waals surface area contributed by atoms with Crippen molar-refractivity contribution in [3.63, 3.8) is 0 Å². The van der Waals surface area contributed by atoms with E-state index < -0.39 is 29.3 Å². The second kappa shape index (κ2) is 12.0. The van der Waals surface area contributed by atoms with Crippen LogP contribution in [-0.4, -0.2) is 29.7 Å². The summed E-state index contributed by atoms with van der Waals surface area (Å²) < 4.78 is 27.5. The molecular weight excluding hydrogens is 472 g/mol. The average Bonchev–Trinajstić information content (AvgIpc) is 2.82. The molecule has 3 N–H and O–H groups in total. The number of nitrogens with one attached hydrogen (secondary N) is 2. The Labute approximate surface area is 218 Å². The van der Waals surface area contributed by atoms with E-state index in [9.17, 15) is 18.7 Å². The lowest BCUT2D eigenvalue weighted by molar-refractivity contribution is -0.120. The molecule has 7 heteroatoms. The van der Waals surface area contributed by atoms with Crippen molar-refractivity contribution in [1.29, 1.82) is 5.26 Å². The monoisotopic (exact) mass is 509 g/mol. The summed E-state index contributed by atoms with van der Waals surface area (Å²) in [6.07, 6.45) is 3.71. The van der Waals surface area contributed by atoms with Gasteiger partial charge in [-0.05, 0) is 66.3 Å². The molecular formula is C30H37F2N3O2. The van der Waals surface area contributed by atoms with E-state index in [4.69, 9.17) is 5.26 Å². The Morgan fingerprint density at radius 1 is 1.16 bits per heavy atom. The second-order valence-electron chi connectivity index (χ2n) is 11.1. The van der Waals surface area contributed by atoms with Gasteiger partial charge in [0.15, 0.2) is 0 Å². The Kier molecular flexibility index (Phi) is 9.22. The van der Waals surface area contributed by atoms with Crippen molar-refractivity contribution in [2.45, 2.75) is 82.9 Å². The standard InChI is InChI=1S/C30H37F2N3O2/c1-20(36)35-27(16-22-14-25(31)18-26(32)15-22)28(37)19-34-30(11-8-21(9-12-30)10-13-33)24-7-5-6-23(17-24)29(2,3)4/h5-7,10,14-15,17-18,27-28,34,37H,8-9,11-12,16,19H2,1-4H3,(H,35,36). The summed E-state index contributed by atoms with van der Waals surface area (Å²) in [6.45, 7) is 8.01. The number of aliphatic hydroxyl groups excluding tert-OH is 1. The fraction of sp³-hybridized carbons (Fsp3) is 0.467. The Bertz CT molecular complexity index is 1150. The minimum atomic E-state index is -1.01. The largest absolute Gasteiger partial charge is 0.390 e. The molecule has 0 radical (unpaired) electrons. The number of aliphatic hydroxyl groups is 1. The maximum atomic E-state index is 13.7. The first-order valence-corrected chi connectivity index (χ1v) is 12.8. The lowest BCUT2D eigenvalue weighted by Gasteiger charge is -2.41. The number of carbonyl (C=O) groups excluding carboxylic acids is 1. The molecule has 2 aromatic rings. The molecule has 0 aromatic heterocycles. The van der Waals surface area contributed by atoms with Crippen LogP contribution in [0.4, 0.5) is 8.78 Å². The molecule has 37 heavy (non-hydrogen) atoms. The third-order valence-electron chi connectivity index (χ3n) is 7.18. The molecule has 0 spiro atoms. The summed E-state index contributed by atoms with van der Waals surface area (Å²) in [7, 11) is 0. The highest BCUT2D eigenvalue weighted by Crippen LogP contribution is 2.40. The molecule has 198 valence electrons. The molecule has 3 rings (SSSR count). The SMILES string of the molecule is CC(=O)NC(Cc1cc(F)cc(F)c1)C(O)CNC1(c2cccc(C(C)(C)C)c2)CCC(=CC#N)CC1. The van der Waals surface area contributed by atoms with Crippen LogP contribution >= 0.6 is 0 Å². The molecule has 1 amide bonds. The molecule has 1 saturated carbocycles. The summed E-state index contributed by atoms with van der Waals surface area (Å²) in [5.41, 5.74) is 3.32. The summed E-state index contributed by atoms with van der Waals surface area (Å²) in [4.78, 5) is 11.9. The number of amides is 1. The van der Waals surface area contributed by atoms with Crippen molar-refractivity contribution in [2.24, 2.45) is 0 Å². The predicted octanol–water partition coefficient (Wildman–Crippen LogP) is 5.18. The molecule has 0 heterocycles. The van der Waals surface area contributed by atoms with E-state index in [2.05, 4.69) is 61.7 Å². The number of rotatable bonds is 8. The molecule has 2 atom stereocenters. The van der Waals surface area contributed by atoms with Crippen molar-refractivity contribution < 1.29 is 18.7 Å². The van der Waals surface area contributed by atoms with Crippen LogP contribution < -0.4 is 10.6 Å². The summed E-state index contributed by atoms with van der Waals surface area (Å²) in [5, 5.41) is 26.6. The van der Waals surface area contributed by atoms with Crippen LogP contribution in [0, 0.1) is 23.0 Å². The van der Waals surface area contributed by atoms with Crippen molar-refractivity contribution in [3.05, 3.63) is 82.4 Å². The molecule has 2 unspecified atom stereocenters. The lowest BCUT2D eigenvalue weighted by atomic mass is 9.73. The van der Waals surface area contributed by atoms with Crippen LogP contribution in [0.2, 0.25) is 0 Å². The zero-order chi connectivity index (χ0) is 27.2. The Balaban J connectivity index is 1.86. The maximum Gasteiger partial charge on any atom is 0.217 e. The Morgan fingerprint density at radius 2 is 1.81 bits per heavy atom. The number of hydrogen-bond acceptors (Lipinski definition) is 4. The first kappa shape index (κ1) is 28.5. The molecule has 5 nitrogen and oxygen atoms in total. The highest BCUT2D eigenvalue weighted by molar-refractivity contribution is 5.73. The minimum Gasteiger partial charge on any atom is -0.390 e. The summed E-state index contributed by atoms with van der Waals surface area (Å²) >= 11 is 0. The van der Waals surface area contributed by atoms with Crippen molar-refractivity contribution in [1.82, 2.24) is 10.6 Å². The molecule has 1 fully saturated rings. The van der Waals surface area contributed by atoms with Gasteiger partial charge < -0.3 is 15.7 Å². The average molecular weight is 510 g/mol. The van der Waals surface area contributed by atoms with Crippen LogP contribution in [0.3, 0.4) is 0 Å². The van der Waals surface area contributed by atoms with Gasteiger partial charge in [-0.3, -0.25) is 4.79 Å². The number of carbonyl (C=O) groups is 1. The highest BCUT2D eigenvalue weighted by Gasteiger charge is 2.36. The van der Waals surface area contributed by atoms with E-state index in [0.29, 0.717) is 5.56 Å². The van der Waals surface area contributed by atoms with Gasteiger partial charge in [0.25, 0.3) is 0 Å².